The molecule has 1 amide bonds. The van der Waals surface area contributed by atoms with Crippen molar-refractivity contribution in [1.29, 1.82) is 0 Å². The predicted molar refractivity (Wildman–Crippen MR) is 96.3 cm³/mol. The topological polar surface area (TPSA) is 57.6 Å². The second kappa shape index (κ2) is 9.13. The zero-order chi connectivity index (χ0) is 17.4. The molecule has 0 heterocycles. The first-order valence-electron chi connectivity index (χ1n) is 7.80. The minimum absolute atomic E-state index is 0.0761. The second-order valence-electron chi connectivity index (χ2n) is 5.52. The summed E-state index contributed by atoms with van der Waals surface area (Å²) in [6.45, 7) is 0.440. The van der Waals surface area contributed by atoms with Crippen LogP contribution in [0.4, 0.5) is 0 Å². The maximum Gasteiger partial charge on any atom is 0.303 e. The van der Waals surface area contributed by atoms with Crippen LogP contribution in [0.1, 0.15) is 28.8 Å². The van der Waals surface area contributed by atoms with Crippen LogP contribution in [-0.4, -0.2) is 35.5 Å². The summed E-state index contributed by atoms with van der Waals surface area (Å²) < 4.78 is 0. The molecule has 5 heteroatoms. The molecule has 0 aliphatic rings. The van der Waals surface area contributed by atoms with Crippen molar-refractivity contribution < 1.29 is 14.7 Å². The Bertz CT molecular complexity index is 671. The van der Waals surface area contributed by atoms with E-state index in [1.54, 1.807) is 23.7 Å². The lowest BCUT2D eigenvalue weighted by Crippen LogP contribution is -2.28. The summed E-state index contributed by atoms with van der Waals surface area (Å²) >= 11 is 1.73. The van der Waals surface area contributed by atoms with E-state index in [1.165, 1.54) is 5.56 Å². The number of aliphatic carboxylic acids is 1. The Kier molecular flexibility index (Phi) is 6.88. The third-order valence-electron chi connectivity index (χ3n) is 3.58. The number of amides is 1. The Morgan fingerprint density at radius 3 is 2.33 bits per heavy atom. The normalized spacial score (nSPS) is 10.4. The Labute approximate surface area is 146 Å². The van der Waals surface area contributed by atoms with Gasteiger partial charge < -0.3 is 10.0 Å². The van der Waals surface area contributed by atoms with E-state index in [4.69, 9.17) is 5.11 Å². The number of thioether (sulfide) groups is 1. The Balaban J connectivity index is 1.86. The fourth-order valence-electron chi connectivity index (χ4n) is 2.22. The third kappa shape index (κ3) is 5.74. The molecule has 2 aromatic rings. The van der Waals surface area contributed by atoms with Gasteiger partial charge in [0.15, 0.2) is 0 Å². The van der Waals surface area contributed by atoms with Gasteiger partial charge in [-0.25, -0.2) is 0 Å². The summed E-state index contributed by atoms with van der Waals surface area (Å²) in [6.07, 6.45) is 0.537. The van der Waals surface area contributed by atoms with Crippen molar-refractivity contribution in [2.45, 2.75) is 23.5 Å². The van der Waals surface area contributed by atoms with E-state index in [0.717, 1.165) is 10.6 Å². The molecule has 24 heavy (non-hydrogen) atoms. The van der Waals surface area contributed by atoms with Gasteiger partial charge in [0.1, 0.15) is 0 Å². The summed E-state index contributed by atoms with van der Waals surface area (Å²) in [6, 6.07) is 17.8. The van der Waals surface area contributed by atoms with E-state index in [0.29, 0.717) is 18.5 Å². The number of carbonyl (C=O) groups excluding carboxylic acids is 1. The van der Waals surface area contributed by atoms with Crippen molar-refractivity contribution >= 4 is 23.6 Å². The van der Waals surface area contributed by atoms with E-state index >= 15 is 0 Å². The number of rotatable bonds is 8. The average molecular weight is 343 g/mol. The fourth-order valence-corrected chi connectivity index (χ4v) is 3.08. The van der Waals surface area contributed by atoms with Gasteiger partial charge in [0.05, 0.1) is 0 Å². The highest BCUT2D eigenvalue weighted by Crippen LogP contribution is 2.23. The molecule has 2 rings (SSSR count). The van der Waals surface area contributed by atoms with Crippen LogP contribution in [0.2, 0.25) is 0 Å². The lowest BCUT2D eigenvalue weighted by atomic mass is 10.2. The average Bonchev–Trinajstić information content (AvgIpc) is 2.60. The monoisotopic (exact) mass is 343 g/mol. The number of hydrogen-bond donors (Lipinski definition) is 1. The van der Waals surface area contributed by atoms with E-state index in [2.05, 4.69) is 12.1 Å². The predicted octanol–water partition coefficient (Wildman–Crippen LogP) is 3.92. The van der Waals surface area contributed by atoms with E-state index in [1.807, 2.05) is 42.5 Å². The summed E-state index contributed by atoms with van der Waals surface area (Å²) in [5.41, 5.74) is 1.89. The lowest BCUT2D eigenvalue weighted by Gasteiger charge is -2.16. The minimum atomic E-state index is -0.837. The molecule has 0 spiro atoms. The van der Waals surface area contributed by atoms with Crippen molar-refractivity contribution in [3.8, 4) is 0 Å². The van der Waals surface area contributed by atoms with Gasteiger partial charge in [-0.2, -0.15) is 0 Å². The Morgan fingerprint density at radius 1 is 1.04 bits per heavy atom. The van der Waals surface area contributed by atoms with Gasteiger partial charge in [0, 0.05) is 36.2 Å². The van der Waals surface area contributed by atoms with Crippen LogP contribution >= 0.6 is 11.8 Å². The van der Waals surface area contributed by atoms with Crippen LogP contribution in [0.3, 0.4) is 0 Å². The summed E-state index contributed by atoms with van der Waals surface area (Å²) in [5, 5.41) is 8.64. The molecule has 0 saturated heterocycles. The van der Waals surface area contributed by atoms with Crippen LogP contribution < -0.4 is 0 Å². The van der Waals surface area contributed by atoms with Crippen LogP contribution in [0.5, 0.6) is 0 Å². The van der Waals surface area contributed by atoms with Crippen molar-refractivity contribution in [3.63, 3.8) is 0 Å². The van der Waals surface area contributed by atoms with Gasteiger partial charge in [-0.1, -0.05) is 30.3 Å². The number of nitrogens with zero attached hydrogens (tertiary/aromatic N) is 1. The van der Waals surface area contributed by atoms with Crippen LogP contribution in [-0.2, 0) is 10.5 Å². The molecule has 0 unspecified atom stereocenters. The first kappa shape index (κ1) is 18.1. The van der Waals surface area contributed by atoms with E-state index in [9.17, 15) is 9.59 Å². The maximum atomic E-state index is 12.3. The summed E-state index contributed by atoms with van der Waals surface area (Å²) in [7, 11) is 1.70. The summed E-state index contributed by atoms with van der Waals surface area (Å²) in [4.78, 5) is 25.5. The van der Waals surface area contributed by atoms with Gasteiger partial charge in [-0.05, 0) is 36.2 Å². The van der Waals surface area contributed by atoms with Crippen molar-refractivity contribution in [2.24, 2.45) is 0 Å². The number of benzene rings is 2. The molecule has 0 saturated carbocycles. The zero-order valence-corrected chi connectivity index (χ0v) is 14.5. The first-order valence-corrected chi connectivity index (χ1v) is 8.79. The number of carboxylic acids is 1. The molecule has 0 radical (unpaired) electrons. The SMILES string of the molecule is CN(CCCC(=O)O)C(=O)c1ccc(SCc2ccccc2)cc1. The lowest BCUT2D eigenvalue weighted by molar-refractivity contribution is -0.137. The van der Waals surface area contributed by atoms with Gasteiger partial charge in [0.25, 0.3) is 5.91 Å². The number of carbonyl (C=O) groups is 2. The molecule has 0 atom stereocenters. The Hall–Kier alpha value is -2.27. The molecule has 4 nitrogen and oxygen atoms in total. The van der Waals surface area contributed by atoms with Gasteiger partial charge in [0.2, 0.25) is 0 Å². The highest BCUT2D eigenvalue weighted by atomic mass is 32.2. The molecule has 2 aromatic carbocycles. The molecule has 1 N–H and O–H groups in total. The van der Waals surface area contributed by atoms with E-state index in [-0.39, 0.29) is 12.3 Å². The second-order valence-corrected chi connectivity index (χ2v) is 6.57. The number of carboxylic acid groups (broad SMARTS) is 1. The van der Waals surface area contributed by atoms with Gasteiger partial charge >= 0.3 is 5.97 Å². The minimum Gasteiger partial charge on any atom is -0.481 e. The highest BCUT2D eigenvalue weighted by molar-refractivity contribution is 7.98. The molecule has 0 aliphatic carbocycles. The fraction of sp³-hybridized carbons (Fsp3) is 0.263. The molecule has 0 fully saturated rings. The summed E-state index contributed by atoms with van der Waals surface area (Å²) in [5.74, 6) is -0.0286. The highest BCUT2D eigenvalue weighted by Gasteiger charge is 2.11. The molecule has 0 aromatic heterocycles. The molecular formula is C19H21NO3S. The molecule has 126 valence electrons. The van der Waals surface area contributed by atoms with Crippen LogP contribution in [0.25, 0.3) is 0 Å². The Morgan fingerprint density at radius 2 is 1.71 bits per heavy atom. The molecule has 0 bridgehead atoms. The van der Waals surface area contributed by atoms with Crippen LogP contribution in [0.15, 0.2) is 59.5 Å². The van der Waals surface area contributed by atoms with E-state index < -0.39 is 5.97 Å². The maximum absolute atomic E-state index is 12.3. The van der Waals surface area contributed by atoms with Crippen molar-refractivity contribution in [1.82, 2.24) is 4.90 Å². The number of hydrogen-bond acceptors (Lipinski definition) is 3. The van der Waals surface area contributed by atoms with Gasteiger partial charge in [-0.3, -0.25) is 9.59 Å². The quantitative estimate of drug-likeness (QED) is 0.738. The van der Waals surface area contributed by atoms with Crippen molar-refractivity contribution in [3.05, 3.63) is 65.7 Å². The molecular weight excluding hydrogens is 322 g/mol. The van der Waals surface area contributed by atoms with Crippen LogP contribution in [0, 0.1) is 0 Å². The smallest absolute Gasteiger partial charge is 0.303 e. The van der Waals surface area contributed by atoms with Crippen molar-refractivity contribution in [2.75, 3.05) is 13.6 Å². The largest absolute Gasteiger partial charge is 0.481 e. The first-order chi connectivity index (χ1) is 11.6. The third-order valence-corrected chi connectivity index (χ3v) is 4.66. The van der Waals surface area contributed by atoms with Gasteiger partial charge in [-0.15, -0.1) is 11.8 Å². The zero-order valence-electron chi connectivity index (χ0n) is 13.6. The standard InChI is InChI=1S/C19H21NO3S/c1-20(13-5-8-18(21)22)19(23)16-9-11-17(12-10-16)24-14-15-6-3-2-4-7-15/h2-4,6-7,9-12H,5,8,13-14H2,1H3,(H,21,22). The molecule has 0 aliphatic heterocycles.